The summed E-state index contributed by atoms with van der Waals surface area (Å²) in [4.78, 5) is 15.9. The zero-order valence-corrected chi connectivity index (χ0v) is 14.4. The van der Waals surface area contributed by atoms with Crippen molar-refractivity contribution in [2.24, 2.45) is 0 Å². The Balaban J connectivity index is 1.58. The zero-order chi connectivity index (χ0) is 16.8. The van der Waals surface area contributed by atoms with Gasteiger partial charge in [0.15, 0.2) is 0 Å². The van der Waals surface area contributed by atoms with Crippen LogP contribution in [0.2, 0.25) is 0 Å². The van der Waals surface area contributed by atoms with Crippen molar-refractivity contribution in [2.45, 2.75) is 12.5 Å². The molecular weight excluding hydrogens is 322 g/mol. The van der Waals surface area contributed by atoms with Gasteiger partial charge in [-0.25, -0.2) is 0 Å². The number of hydrogen-bond acceptors (Lipinski definition) is 5. The molecule has 1 atom stereocenters. The number of benzene rings is 1. The topological polar surface area (TPSA) is 67.6 Å². The van der Waals surface area contributed by atoms with Crippen molar-refractivity contribution in [2.75, 3.05) is 38.6 Å². The third kappa shape index (κ3) is 4.56. The van der Waals surface area contributed by atoms with Gasteiger partial charge in [-0.3, -0.25) is 9.69 Å². The van der Waals surface area contributed by atoms with Gasteiger partial charge in [0.05, 0.1) is 25.7 Å². The van der Waals surface area contributed by atoms with Gasteiger partial charge < -0.3 is 15.8 Å². The van der Waals surface area contributed by atoms with Crippen molar-refractivity contribution in [3.8, 4) is 0 Å². The fourth-order valence-corrected chi connectivity index (χ4v) is 3.73. The van der Waals surface area contributed by atoms with Crippen LogP contribution in [0.5, 0.6) is 0 Å². The number of thiophene rings is 1. The summed E-state index contributed by atoms with van der Waals surface area (Å²) in [5, 5.41) is 5.17. The minimum Gasteiger partial charge on any atom is -0.399 e. The monoisotopic (exact) mass is 345 g/mol. The van der Waals surface area contributed by atoms with Crippen LogP contribution < -0.4 is 11.1 Å². The molecule has 0 spiro atoms. The molecule has 1 aromatic carbocycles. The van der Waals surface area contributed by atoms with Gasteiger partial charge >= 0.3 is 0 Å². The van der Waals surface area contributed by atoms with Gasteiger partial charge in [-0.1, -0.05) is 18.2 Å². The molecule has 3 rings (SSSR count). The first-order chi connectivity index (χ1) is 11.7. The molecule has 3 N–H and O–H groups in total. The number of rotatable bonds is 6. The van der Waals surface area contributed by atoms with Gasteiger partial charge in [-0.15, -0.1) is 11.3 Å². The minimum absolute atomic E-state index is 0.0367. The van der Waals surface area contributed by atoms with Crippen molar-refractivity contribution in [1.29, 1.82) is 0 Å². The Morgan fingerprint density at radius 2 is 2.00 bits per heavy atom. The lowest BCUT2D eigenvalue weighted by atomic mass is 10.1. The van der Waals surface area contributed by atoms with E-state index in [2.05, 4.69) is 27.7 Å². The number of carbonyl (C=O) groups is 1. The Kier molecular flexibility index (Phi) is 5.85. The number of anilines is 1. The van der Waals surface area contributed by atoms with E-state index in [-0.39, 0.29) is 11.9 Å². The van der Waals surface area contributed by atoms with Crippen molar-refractivity contribution in [3.05, 3.63) is 52.2 Å². The Hall–Kier alpha value is -1.89. The van der Waals surface area contributed by atoms with E-state index in [0.717, 1.165) is 31.9 Å². The SMILES string of the molecule is Nc1ccc(CC(=O)NCC(c2cccs2)N2CCOCC2)cc1. The highest BCUT2D eigenvalue weighted by atomic mass is 32.1. The minimum atomic E-state index is 0.0367. The van der Waals surface area contributed by atoms with Crippen LogP contribution in [0, 0.1) is 0 Å². The summed E-state index contributed by atoms with van der Waals surface area (Å²) in [6, 6.07) is 11.8. The third-order valence-electron chi connectivity index (χ3n) is 4.20. The third-order valence-corrected chi connectivity index (χ3v) is 5.17. The maximum atomic E-state index is 12.3. The lowest BCUT2D eigenvalue weighted by molar-refractivity contribution is -0.120. The molecule has 1 aliphatic rings. The van der Waals surface area contributed by atoms with E-state index in [1.807, 2.05) is 24.3 Å². The molecule has 1 fully saturated rings. The van der Waals surface area contributed by atoms with Gasteiger partial charge in [0.2, 0.25) is 5.91 Å². The Labute approximate surface area is 146 Å². The molecule has 0 aliphatic carbocycles. The van der Waals surface area contributed by atoms with Crippen molar-refractivity contribution >= 4 is 22.9 Å². The average Bonchev–Trinajstić information content (AvgIpc) is 3.12. The van der Waals surface area contributed by atoms with Crippen LogP contribution in [0.15, 0.2) is 41.8 Å². The molecule has 1 unspecified atom stereocenters. The van der Waals surface area contributed by atoms with Crippen LogP contribution >= 0.6 is 11.3 Å². The molecule has 1 saturated heterocycles. The first kappa shape index (κ1) is 17.0. The van der Waals surface area contributed by atoms with E-state index in [9.17, 15) is 4.79 Å². The molecule has 0 bridgehead atoms. The Bertz CT molecular complexity index is 637. The summed E-state index contributed by atoms with van der Waals surface area (Å²) in [7, 11) is 0. The molecule has 5 nitrogen and oxygen atoms in total. The summed E-state index contributed by atoms with van der Waals surface area (Å²) in [5.74, 6) is 0.0367. The number of nitrogen functional groups attached to an aromatic ring is 1. The van der Waals surface area contributed by atoms with Crippen molar-refractivity contribution in [1.82, 2.24) is 10.2 Å². The highest BCUT2D eigenvalue weighted by Gasteiger charge is 2.23. The smallest absolute Gasteiger partial charge is 0.224 e. The maximum Gasteiger partial charge on any atom is 0.224 e. The quantitative estimate of drug-likeness (QED) is 0.787. The van der Waals surface area contributed by atoms with Crippen molar-refractivity contribution in [3.63, 3.8) is 0 Å². The summed E-state index contributed by atoms with van der Waals surface area (Å²) < 4.78 is 5.45. The Morgan fingerprint density at radius 1 is 1.25 bits per heavy atom. The van der Waals surface area contributed by atoms with E-state index >= 15 is 0 Å². The van der Waals surface area contributed by atoms with Gasteiger partial charge in [0, 0.05) is 30.2 Å². The van der Waals surface area contributed by atoms with Crippen LogP contribution in [0.1, 0.15) is 16.5 Å². The van der Waals surface area contributed by atoms with Crippen LogP contribution in [0.3, 0.4) is 0 Å². The van der Waals surface area contributed by atoms with E-state index in [0.29, 0.717) is 18.7 Å². The number of carbonyl (C=O) groups excluding carboxylic acids is 1. The molecule has 0 saturated carbocycles. The second-order valence-electron chi connectivity index (χ2n) is 5.90. The maximum absolute atomic E-state index is 12.3. The first-order valence-corrected chi connectivity index (χ1v) is 9.06. The van der Waals surface area contributed by atoms with Crippen LogP contribution in [-0.2, 0) is 16.0 Å². The lowest BCUT2D eigenvalue weighted by Gasteiger charge is -2.34. The lowest BCUT2D eigenvalue weighted by Crippen LogP contribution is -2.43. The predicted molar refractivity (Wildman–Crippen MR) is 97.0 cm³/mol. The largest absolute Gasteiger partial charge is 0.399 e. The average molecular weight is 345 g/mol. The summed E-state index contributed by atoms with van der Waals surface area (Å²) in [5.41, 5.74) is 7.36. The zero-order valence-electron chi connectivity index (χ0n) is 13.6. The second-order valence-corrected chi connectivity index (χ2v) is 6.88. The van der Waals surface area contributed by atoms with Crippen LogP contribution in [-0.4, -0.2) is 43.7 Å². The van der Waals surface area contributed by atoms with E-state index in [1.54, 1.807) is 11.3 Å². The van der Waals surface area contributed by atoms with E-state index in [4.69, 9.17) is 10.5 Å². The number of nitrogens with one attached hydrogen (secondary N) is 1. The molecule has 1 aromatic heterocycles. The highest BCUT2D eigenvalue weighted by Crippen LogP contribution is 2.25. The second kappa shape index (κ2) is 8.28. The number of ether oxygens (including phenoxy) is 1. The fourth-order valence-electron chi connectivity index (χ4n) is 2.87. The number of hydrogen-bond donors (Lipinski definition) is 2. The molecule has 0 radical (unpaired) electrons. The standard InChI is InChI=1S/C18H23N3O2S/c19-15-5-3-14(4-6-15)12-18(22)20-13-16(17-2-1-11-24-17)21-7-9-23-10-8-21/h1-6,11,16H,7-10,12-13,19H2,(H,20,22). The fraction of sp³-hybridized carbons (Fsp3) is 0.389. The van der Waals surface area contributed by atoms with Crippen LogP contribution in [0.4, 0.5) is 5.69 Å². The number of morpholine rings is 1. The van der Waals surface area contributed by atoms with Gasteiger partial charge in [-0.2, -0.15) is 0 Å². The van der Waals surface area contributed by atoms with Crippen molar-refractivity contribution < 1.29 is 9.53 Å². The Morgan fingerprint density at radius 3 is 2.67 bits per heavy atom. The molecule has 6 heteroatoms. The summed E-state index contributed by atoms with van der Waals surface area (Å²) in [6.07, 6.45) is 0.376. The molecule has 128 valence electrons. The van der Waals surface area contributed by atoms with Crippen LogP contribution in [0.25, 0.3) is 0 Å². The molecule has 24 heavy (non-hydrogen) atoms. The van der Waals surface area contributed by atoms with Gasteiger partial charge in [-0.05, 0) is 29.1 Å². The number of nitrogens with two attached hydrogens (primary N) is 1. The molecule has 2 aromatic rings. The van der Waals surface area contributed by atoms with E-state index in [1.165, 1.54) is 4.88 Å². The molecular formula is C18H23N3O2S. The number of nitrogens with zero attached hydrogens (tertiary/aromatic N) is 1. The molecule has 1 aliphatic heterocycles. The van der Waals surface area contributed by atoms with Gasteiger partial charge in [0.1, 0.15) is 0 Å². The summed E-state index contributed by atoms with van der Waals surface area (Å²) >= 11 is 1.73. The summed E-state index contributed by atoms with van der Waals surface area (Å²) in [6.45, 7) is 3.92. The predicted octanol–water partition coefficient (Wildman–Crippen LogP) is 2.06. The normalized spacial score (nSPS) is 16.7. The first-order valence-electron chi connectivity index (χ1n) is 8.18. The van der Waals surface area contributed by atoms with E-state index < -0.39 is 0 Å². The molecule has 2 heterocycles. The number of amides is 1. The highest BCUT2D eigenvalue weighted by molar-refractivity contribution is 7.10. The molecule has 1 amide bonds. The van der Waals surface area contributed by atoms with Gasteiger partial charge in [0.25, 0.3) is 0 Å².